The molecule has 0 amide bonds. The van der Waals surface area contributed by atoms with Crippen LogP contribution in [0.1, 0.15) is 11.9 Å². The molecule has 13 heavy (non-hydrogen) atoms. The largest absolute Gasteiger partial charge is 0.325 e. The third-order valence-corrected chi connectivity index (χ3v) is 2.35. The molecular formula is C10H10N2S. The molecule has 0 unspecified atom stereocenters. The minimum atomic E-state index is -0.400. The van der Waals surface area contributed by atoms with Gasteiger partial charge in [-0.2, -0.15) is 0 Å². The van der Waals surface area contributed by atoms with Crippen molar-refractivity contribution >= 4 is 11.3 Å². The molecule has 3 heteroatoms. The van der Waals surface area contributed by atoms with Crippen LogP contribution in [0.2, 0.25) is 0 Å². The second-order valence-corrected chi connectivity index (χ2v) is 3.27. The standard InChI is InChI=1S/C10H10N2S/c11-6-10-12-9(7-13-10)8-4-2-1-3-5-8/h1-5,7H,6,11H2/i1D,2D,3D,4D,5D. The first-order valence-corrected chi connectivity index (χ1v) is 4.57. The molecule has 0 aliphatic carbocycles. The normalized spacial score (nSPS) is 15.6. The Morgan fingerprint density at radius 1 is 1.38 bits per heavy atom. The molecule has 1 heterocycles. The molecule has 0 saturated carbocycles. The van der Waals surface area contributed by atoms with E-state index in [1.54, 1.807) is 5.38 Å². The van der Waals surface area contributed by atoms with Crippen LogP contribution in [0, 0.1) is 0 Å². The van der Waals surface area contributed by atoms with E-state index in [2.05, 4.69) is 4.98 Å². The summed E-state index contributed by atoms with van der Waals surface area (Å²) < 4.78 is 38.3. The van der Waals surface area contributed by atoms with E-state index in [0.717, 1.165) is 0 Å². The van der Waals surface area contributed by atoms with Gasteiger partial charge in [0.15, 0.2) is 0 Å². The molecule has 0 saturated heterocycles. The van der Waals surface area contributed by atoms with Gasteiger partial charge in [-0.15, -0.1) is 11.3 Å². The predicted molar refractivity (Wildman–Crippen MR) is 55.4 cm³/mol. The molecule has 0 spiro atoms. The summed E-state index contributed by atoms with van der Waals surface area (Å²) in [6.45, 7) is 0.267. The summed E-state index contributed by atoms with van der Waals surface area (Å²) in [4.78, 5) is 4.16. The Morgan fingerprint density at radius 2 is 2.15 bits per heavy atom. The Hall–Kier alpha value is -1.19. The predicted octanol–water partition coefficient (Wildman–Crippen LogP) is 2.27. The third-order valence-electron chi connectivity index (χ3n) is 1.48. The molecule has 2 rings (SSSR count). The van der Waals surface area contributed by atoms with Crippen molar-refractivity contribution in [3.8, 4) is 11.3 Å². The summed E-state index contributed by atoms with van der Waals surface area (Å²) >= 11 is 1.31. The fourth-order valence-corrected chi connectivity index (χ4v) is 1.56. The zero-order valence-electron chi connectivity index (χ0n) is 11.7. The number of thiazole rings is 1. The average Bonchev–Trinajstić information content (AvgIpc) is 2.83. The van der Waals surface area contributed by atoms with E-state index in [0.29, 0.717) is 10.7 Å². The van der Waals surface area contributed by atoms with Crippen molar-refractivity contribution < 1.29 is 6.85 Å². The highest BCUT2D eigenvalue weighted by molar-refractivity contribution is 7.09. The quantitative estimate of drug-likeness (QED) is 0.798. The highest BCUT2D eigenvalue weighted by Crippen LogP contribution is 2.20. The fraction of sp³-hybridized carbons (Fsp3) is 0.100. The monoisotopic (exact) mass is 195 g/mol. The second kappa shape index (κ2) is 3.68. The van der Waals surface area contributed by atoms with Gasteiger partial charge in [-0.3, -0.25) is 0 Å². The average molecular weight is 195 g/mol. The Kier molecular flexibility index (Phi) is 1.23. The number of nitrogens with two attached hydrogens (primary N) is 1. The molecule has 0 aliphatic rings. The van der Waals surface area contributed by atoms with E-state index >= 15 is 0 Å². The van der Waals surface area contributed by atoms with Crippen molar-refractivity contribution in [2.45, 2.75) is 6.54 Å². The van der Waals surface area contributed by atoms with Gasteiger partial charge in [-0.1, -0.05) is 30.2 Å². The molecule has 66 valence electrons. The molecule has 0 atom stereocenters. The Balaban J connectivity index is 2.71. The SMILES string of the molecule is [2H]c1c([2H])c([2H])c(-c2csc(CN)n2)c([2H])c1[2H]. The van der Waals surface area contributed by atoms with Gasteiger partial charge in [0.05, 0.1) is 12.5 Å². The van der Waals surface area contributed by atoms with Crippen molar-refractivity contribution in [2.75, 3.05) is 0 Å². The highest BCUT2D eigenvalue weighted by atomic mass is 32.1. The lowest BCUT2D eigenvalue weighted by Gasteiger charge is -1.93. The summed E-state index contributed by atoms with van der Waals surface area (Å²) in [6.07, 6.45) is 0. The lowest BCUT2D eigenvalue weighted by atomic mass is 10.2. The van der Waals surface area contributed by atoms with Crippen molar-refractivity contribution in [1.29, 1.82) is 0 Å². The molecule has 0 radical (unpaired) electrons. The Morgan fingerprint density at radius 3 is 2.77 bits per heavy atom. The number of nitrogens with zero attached hydrogens (tertiary/aromatic N) is 1. The van der Waals surface area contributed by atoms with Gasteiger partial charge in [0.2, 0.25) is 0 Å². The third kappa shape index (κ3) is 1.76. The lowest BCUT2D eigenvalue weighted by molar-refractivity contribution is 1.04. The molecule has 0 bridgehead atoms. The summed E-state index contributed by atoms with van der Waals surface area (Å²) in [5.41, 5.74) is 5.95. The van der Waals surface area contributed by atoms with Gasteiger partial charge < -0.3 is 5.73 Å². The topological polar surface area (TPSA) is 38.9 Å². The van der Waals surface area contributed by atoms with Crippen molar-refractivity contribution in [2.24, 2.45) is 5.73 Å². The maximum atomic E-state index is 7.80. The van der Waals surface area contributed by atoms with Gasteiger partial charge in [0, 0.05) is 17.5 Å². The van der Waals surface area contributed by atoms with E-state index in [1.165, 1.54) is 11.3 Å². The van der Waals surface area contributed by atoms with E-state index < -0.39 is 6.04 Å². The molecule has 2 N–H and O–H groups in total. The fourth-order valence-electron chi connectivity index (χ4n) is 0.898. The highest BCUT2D eigenvalue weighted by Gasteiger charge is 2.01. The number of hydrogen-bond acceptors (Lipinski definition) is 3. The number of benzene rings is 1. The van der Waals surface area contributed by atoms with E-state index in [-0.39, 0.29) is 36.3 Å². The number of aromatic nitrogens is 1. The first-order chi connectivity index (χ1) is 8.47. The summed E-state index contributed by atoms with van der Waals surface area (Å²) in [6, 6.07) is -1.59. The molecule has 2 nitrogen and oxygen atoms in total. The summed E-state index contributed by atoms with van der Waals surface area (Å²) in [7, 11) is 0. The minimum Gasteiger partial charge on any atom is -0.325 e. The van der Waals surface area contributed by atoms with Crippen LogP contribution in [-0.4, -0.2) is 4.98 Å². The van der Waals surface area contributed by atoms with Crippen molar-refractivity contribution in [3.05, 3.63) is 40.6 Å². The maximum absolute atomic E-state index is 7.80. The van der Waals surface area contributed by atoms with Crippen LogP contribution in [0.5, 0.6) is 0 Å². The first kappa shape index (κ1) is 4.35. The van der Waals surface area contributed by atoms with Gasteiger partial charge in [0.1, 0.15) is 5.01 Å². The Bertz CT molecular complexity index is 582. The first-order valence-electron chi connectivity index (χ1n) is 6.19. The summed E-state index contributed by atoms with van der Waals surface area (Å²) in [5.74, 6) is 0. The minimum absolute atomic E-state index is 0.122. The van der Waals surface area contributed by atoms with E-state index in [1.807, 2.05) is 0 Å². The van der Waals surface area contributed by atoms with Crippen LogP contribution < -0.4 is 5.73 Å². The van der Waals surface area contributed by atoms with Crippen LogP contribution in [0.15, 0.2) is 35.6 Å². The Labute approximate surface area is 88.1 Å². The van der Waals surface area contributed by atoms with Crippen molar-refractivity contribution in [1.82, 2.24) is 4.98 Å². The van der Waals surface area contributed by atoms with Crippen LogP contribution in [0.4, 0.5) is 0 Å². The van der Waals surface area contributed by atoms with E-state index in [9.17, 15) is 0 Å². The van der Waals surface area contributed by atoms with Gasteiger partial charge in [0.25, 0.3) is 0 Å². The van der Waals surface area contributed by atoms with Crippen molar-refractivity contribution in [3.63, 3.8) is 0 Å². The van der Waals surface area contributed by atoms with E-state index in [4.69, 9.17) is 12.6 Å². The zero-order chi connectivity index (χ0) is 13.4. The van der Waals surface area contributed by atoms with Gasteiger partial charge >= 0.3 is 0 Å². The summed E-state index contributed by atoms with van der Waals surface area (Å²) in [5, 5.41) is 2.31. The maximum Gasteiger partial charge on any atom is 0.107 e. The molecule has 0 aliphatic heterocycles. The number of rotatable bonds is 2. The van der Waals surface area contributed by atoms with Crippen LogP contribution in [-0.2, 0) is 6.54 Å². The van der Waals surface area contributed by atoms with Crippen LogP contribution in [0.3, 0.4) is 0 Å². The van der Waals surface area contributed by atoms with Gasteiger partial charge in [-0.05, 0) is 0 Å². The molecule has 2 aromatic rings. The molecule has 0 fully saturated rings. The number of hydrogen-bond donors (Lipinski definition) is 1. The van der Waals surface area contributed by atoms with Crippen LogP contribution in [0.25, 0.3) is 11.3 Å². The molecule has 1 aromatic heterocycles. The smallest absolute Gasteiger partial charge is 0.107 e. The van der Waals surface area contributed by atoms with Gasteiger partial charge in [-0.25, -0.2) is 4.98 Å². The lowest BCUT2D eigenvalue weighted by Crippen LogP contribution is -1.94. The van der Waals surface area contributed by atoms with Crippen LogP contribution >= 0.6 is 11.3 Å². The molecular weight excluding hydrogens is 180 g/mol. The zero-order valence-corrected chi connectivity index (χ0v) is 7.53. The molecule has 1 aromatic carbocycles. The second-order valence-electron chi connectivity index (χ2n) is 2.33.